The van der Waals surface area contributed by atoms with Crippen molar-refractivity contribution in [2.24, 2.45) is 5.92 Å². The van der Waals surface area contributed by atoms with Crippen molar-refractivity contribution in [3.05, 3.63) is 71.8 Å². The van der Waals surface area contributed by atoms with Crippen molar-refractivity contribution in [2.45, 2.75) is 76.7 Å². The lowest BCUT2D eigenvalue weighted by Gasteiger charge is -2.41. The Balaban J connectivity index is 1.50. The van der Waals surface area contributed by atoms with Crippen molar-refractivity contribution in [3.8, 4) is 0 Å². The molecular formula is C27H37O5P. The van der Waals surface area contributed by atoms with Gasteiger partial charge in [0.2, 0.25) is 0 Å². The first-order valence-corrected chi connectivity index (χ1v) is 13.6. The molecule has 1 unspecified atom stereocenters. The molecule has 6 heteroatoms. The highest BCUT2D eigenvalue weighted by molar-refractivity contribution is 7.47. The van der Waals surface area contributed by atoms with Crippen LogP contribution in [-0.4, -0.2) is 23.4 Å². The van der Waals surface area contributed by atoms with Gasteiger partial charge in [-0.25, -0.2) is 4.57 Å². The van der Waals surface area contributed by atoms with Crippen LogP contribution < -0.4 is 0 Å². The number of unbranched alkanes of at least 4 members (excludes halogenated alkanes) is 2. The predicted molar refractivity (Wildman–Crippen MR) is 131 cm³/mol. The van der Waals surface area contributed by atoms with Crippen molar-refractivity contribution < 1.29 is 23.3 Å². The van der Waals surface area contributed by atoms with Crippen molar-refractivity contribution in [3.63, 3.8) is 0 Å². The molecule has 0 aliphatic heterocycles. The Morgan fingerprint density at radius 3 is 2.03 bits per heavy atom. The monoisotopic (exact) mass is 472 g/mol. The molecule has 2 aromatic carbocycles. The highest BCUT2D eigenvalue weighted by Gasteiger charge is 2.40. The Labute approximate surface area is 198 Å². The average molecular weight is 473 g/mol. The van der Waals surface area contributed by atoms with Gasteiger partial charge in [0, 0.05) is 17.8 Å². The van der Waals surface area contributed by atoms with Crippen molar-refractivity contribution in [1.82, 2.24) is 0 Å². The summed E-state index contributed by atoms with van der Waals surface area (Å²) in [6, 6.07) is 21.0. The van der Waals surface area contributed by atoms with Crippen LogP contribution in [0.3, 0.4) is 0 Å². The fourth-order valence-corrected chi connectivity index (χ4v) is 5.72. The summed E-state index contributed by atoms with van der Waals surface area (Å²) in [5.41, 5.74) is 2.43. The number of ketones is 1. The van der Waals surface area contributed by atoms with Gasteiger partial charge in [0.05, 0.1) is 12.7 Å². The molecule has 1 aliphatic carbocycles. The molecule has 1 atom stereocenters. The maximum atomic E-state index is 12.5. The van der Waals surface area contributed by atoms with Gasteiger partial charge in [-0.15, -0.1) is 0 Å². The quantitative estimate of drug-likeness (QED) is 0.271. The van der Waals surface area contributed by atoms with Crippen LogP contribution in [0.25, 0.3) is 0 Å². The van der Waals surface area contributed by atoms with Crippen LogP contribution in [-0.2, 0) is 23.8 Å². The molecule has 3 rings (SSSR count). The lowest BCUT2D eigenvalue weighted by Crippen LogP contribution is -2.35. The molecule has 5 nitrogen and oxygen atoms in total. The van der Waals surface area contributed by atoms with E-state index in [1.807, 2.05) is 26.0 Å². The Morgan fingerprint density at radius 1 is 0.970 bits per heavy atom. The molecule has 0 saturated heterocycles. The summed E-state index contributed by atoms with van der Waals surface area (Å²) in [4.78, 5) is 21.9. The van der Waals surface area contributed by atoms with E-state index in [0.717, 1.165) is 25.7 Å². The van der Waals surface area contributed by atoms with Gasteiger partial charge in [-0.3, -0.25) is 13.8 Å². The maximum Gasteiger partial charge on any atom is 0.472 e. The molecule has 0 bridgehead atoms. The lowest BCUT2D eigenvalue weighted by molar-refractivity contribution is -0.122. The van der Waals surface area contributed by atoms with Gasteiger partial charge in [-0.2, -0.15) is 0 Å². The predicted octanol–water partition coefficient (Wildman–Crippen LogP) is 6.83. The van der Waals surface area contributed by atoms with Crippen LogP contribution in [0, 0.1) is 5.92 Å². The molecular weight excluding hydrogens is 435 g/mol. The summed E-state index contributed by atoms with van der Waals surface area (Å²) in [6.07, 6.45) is 5.52. The van der Waals surface area contributed by atoms with Crippen LogP contribution in [0.1, 0.15) is 76.3 Å². The first-order valence-electron chi connectivity index (χ1n) is 12.1. The molecule has 1 fully saturated rings. The molecule has 0 spiro atoms. The normalized spacial score (nSPS) is 18.2. The number of benzene rings is 2. The summed E-state index contributed by atoms with van der Waals surface area (Å²) in [5.74, 6) is 0.316. The number of hydrogen-bond donors (Lipinski definition) is 1. The highest BCUT2D eigenvalue weighted by atomic mass is 31.2. The van der Waals surface area contributed by atoms with Crippen LogP contribution in [0.2, 0.25) is 0 Å². The van der Waals surface area contributed by atoms with Crippen LogP contribution in [0.4, 0.5) is 0 Å². The van der Waals surface area contributed by atoms with Gasteiger partial charge in [0.25, 0.3) is 0 Å². The maximum absolute atomic E-state index is 12.5. The van der Waals surface area contributed by atoms with E-state index in [1.54, 1.807) is 0 Å². The summed E-state index contributed by atoms with van der Waals surface area (Å²) in [7, 11) is -4.10. The van der Waals surface area contributed by atoms with Gasteiger partial charge in [0.1, 0.15) is 5.78 Å². The molecule has 2 aromatic rings. The smallest absolute Gasteiger partial charge is 0.302 e. The number of carbonyl (C=O) groups excluding carboxylic acids is 1. The third-order valence-corrected chi connectivity index (χ3v) is 7.76. The summed E-state index contributed by atoms with van der Waals surface area (Å²) < 4.78 is 23.2. The molecule has 0 amide bonds. The lowest BCUT2D eigenvalue weighted by atomic mass is 9.65. The summed E-state index contributed by atoms with van der Waals surface area (Å²) in [6.45, 7) is 3.97. The zero-order chi connectivity index (χ0) is 23.7. The molecule has 0 radical (unpaired) electrons. The zero-order valence-electron chi connectivity index (χ0n) is 19.8. The topological polar surface area (TPSA) is 72.8 Å². The first kappa shape index (κ1) is 25.8. The SMILES string of the molecule is CC(C)C(=O)CCCCCOP(=O)(O)OC1CCC(c2ccccc2)(c2ccccc2)CC1. The number of Topliss-reactive ketones (excluding diaryl/α,β-unsaturated/α-hetero) is 1. The fourth-order valence-electron chi connectivity index (χ4n) is 4.71. The van der Waals surface area contributed by atoms with Crippen LogP contribution in [0.5, 0.6) is 0 Å². The van der Waals surface area contributed by atoms with Crippen molar-refractivity contribution in [1.29, 1.82) is 0 Å². The average Bonchev–Trinajstić information content (AvgIpc) is 2.82. The van der Waals surface area contributed by atoms with Crippen LogP contribution in [0.15, 0.2) is 60.7 Å². The van der Waals surface area contributed by atoms with Gasteiger partial charge in [-0.1, -0.05) is 80.9 Å². The minimum atomic E-state index is -4.10. The van der Waals surface area contributed by atoms with Crippen molar-refractivity contribution in [2.75, 3.05) is 6.61 Å². The third-order valence-electron chi connectivity index (χ3n) is 6.69. The minimum absolute atomic E-state index is 0.0605. The second-order valence-corrected chi connectivity index (χ2v) is 10.8. The Morgan fingerprint density at radius 2 is 1.52 bits per heavy atom. The number of phosphoric ester groups is 1. The third kappa shape index (κ3) is 7.35. The zero-order valence-corrected chi connectivity index (χ0v) is 20.7. The largest absolute Gasteiger partial charge is 0.472 e. The molecule has 33 heavy (non-hydrogen) atoms. The van der Waals surface area contributed by atoms with Gasteiger partial charge in [0.15, 0.2) is 0 Å². The molecule has 0 aromatic heterocycles. The van der Waals surface area contributed by atoms with E-state index in [9.17, 15) is 14.3 Å². The highest BCUT2D eigenvalue weighted by Crippen LogP contribution is 2.51. The molecule has 180 valence electrons. The van der Waals surface area contributed by atoms with E-state index in [1.165, 1.54) is 11.1 Å². The fraction of sp³-hybridized carbons (Fsp3) is 0.519. The van der Waals surface area contributed by atoms with E-state index >= 15 is 0 Å². The van der Waals surface area contributed by atoms with Crippen LogP contribution >= 0.6 is 7.82 Å². The molecule has 1 saturated carbocycles. The Hall–Kier alpha value is -1.78. The van der Waals surface area contributed by atoms with Gasteiger partial charge < -0.3 is 4.89 Å². The molecule has 0 heterocycles. The second kappa shape index (κ2) is 12.1. The molecule has 1 N–H and O–H groups in total. The van der Waals surface area contributed by atoms with E-state index in [-0.39, 0.29) is 29.8 Å². The van der Waals surface area contributed by atoms with Gasteiger partial charge in [-0.05, 0) is 49.7 Å². The van der Waals surface area contributed by atoms with E-state index < -0.39 is 7.82 Å². The van der Waals surface area contributed by atoms with Gasteiger partial charge >= 0.3 is 7.82 Å². The van der Waals surface area contributed by atoms with E-state index in [4.69, 9.17) is 9.05 Å². The second-order valence-electron chi connectivity index (χ2n) is 9.35. The standard InChI is InChI=1S/C27H37O5P/c1-22(2)26(28)16-10-5-11-21-31-33(29,30)32-25-17-19-27(20-18-25,23-12-6-3-7-13-23)24-14-8-4-9-15-24/h3-4,6-9,12-15,22,25H,5,10-11,16-21H2,1-2H3,(H,29,30). The number of rotatable bonds is 12. The molecule has 1 aliphatic rings. The number of hydrogen-bond acceptors (Lipinski definition) is 4. The number of phosphoric acid groups is 1. The van der Waals surface area contributed by atoms with Crippen molar-refractivity contribution >= 4 is 13.6 Å². The minimum Gasteiger partial charge on any atom is -0.302 e. The van der Waals surface area contributed by atoms with E-state index in [0.29, 0.717) is 25.7 Å². The van der Waals surface area contributed by atoms with E-state index in [2.05, 4.69) is 48.5 Å². The Bertz CT molecular complexity index is 863. The summed E-state index contributed by atoms with van der Waals surface area (Å²) >= 11 is 0. The first-order chi connectivity index (χ1) is 15.8. The number of carbonyl (C=O) groups is 1. The Kier molecular flexibility index (Phi) is 9.46. The summed E-state index contributed by atoms with van der Waals surface area (Å²) in [5, 5.41) is 0.